The number of benzene rings is 2. The Balaban J connectivity index is 1.35. The Bertz CT molecular complexity index is 1250. The zero-order chi connectivity index (χ0) is 23.5. The summed E-state index contributed by atoms with van der Waals surface area (Å²) in [5, 5.41) is 2.68. The van der Waals surface area contributed by atoms with E-state index in [0.29, 0.717) is 12.1 Å². The van der Waals surface area contributed by atoms with Crippen molar-refractivity contribution in [3.63, 3.8) is 0 Å². The largest absolute Gasteiger partial charge is 0.320 e. The van der Waals surface area contributed by atoms with Gasteiger partial charge in [0.2, 0.25) is 0 Å². The second kappa shape index (κ2) is 7.67. The minimum absolute atomic E-state index is 0.503. The molecule has 1 N–H and O–H groups in total. The molecule has 1 heterocycles. The van der Waals surface area contributed by atoms with Crippen LogP contribution in [0.25, 0.3) is 21.8 Å². The third-order valence-electron chi connectivity index (χ3n) is 11.9. The first-order valence-electron chi connectivity index (χ1n) is 15.0. The van der Waals surface area contributed by atoms with Crippen LogP contribution in [-0.4, -0.2) is 13.6 Å². The van der Waals surface area contributed by atoms with Crippen LogP contribution >= 0.6 is 8.08 Å². The SMILES string of the molecule is Op1n(C2C3CC4CC(C3)CC2C4)c2ccccc2c2ccccc2n1C1C2CC3CC(C2)CC1C3. The standard InChI is InChI=1S/C32H39N2OP/c35-36-33(31-23-11-19-9-20(13-23)14-24(31)12-19)29-7-3-1-5-27(29)28-6-2-4-8-30(28)34(36)32-25-15-21-10-22(17-25)18-26(32)16-21/h1-8,19-26,31-32,35H,9-18H2. The van der Waals surface area contributed by atoms with Gasteiger partial charge >= 0.3 is 0 Å². The van der Waals surface area contributed by atoms with Crippen molar-refractivity contribution in [2.24, 2.45) is 47.3 Å². The fourth-order valence-electron chi connectivity index (χ4n) is 11.3. The topological polar surface area (TPSA) is 30.1 Å². The van der Waals surface area contributed by atoms with Crippen LogP contribution in [0.1, 0.15) is 76.3 Å². The van der Waals surface area contributed by atoms with Gasteiger partial charge in [0.25, 0.3) is 0 Å². The van der Waals surface area contributed by atoms with Gasteiger partial charge in [-0.3, -0.25) is 8.66 Å². The normalized spacial score (nSPS) is 42.5. The second-order valence-corrected chi connectivity index (χ2v) is 15.2. The van der Waals surface area contributed by atoms with Gasteiger partial charge in [0.1, 0.15) is 0 Å². The van der Waals surface area contributed by atoms with Crippen molar-refractivity contribution < 1.29 is 4.89 Å². The van der Waals surface area contributed by atoms with Crippen molar-refractivity contribution in [1.82, 2.24) is 8.66 Å². The van der Waals surface area contributed by atoms with E-state index in [1.807, 2.05) is 0 Å². The summed E-state index contributed by atoms with van der Waals surface area (Å²) in [7, 11) is -1.45. The molecular weight excluding hydrogens is 459 g/mol. The highest BCUT2D eigenvalue weighted by molar-refractivity contribution is 7.36. The molecule has 0 aliphatic heterocycles. The maximum Gasteiger partial charge on any atom is 0.173 e. The molecule has 4 heteroatoms. The molecule has 8 aliphatic carbocycles. The van der Waals surface area contributed by atoms with Gasteiger partial charge in [-0.15, -0.1) is 0 Å². The summed E-state index contributed by atoms with van der Waals surface area (Å²) < 4.78 is 5.28. The minimum Gasteiger partial charge on any atom is -0.320 e. The zero-order valence-corrected chi connectivity index (χ0v) is 22.1. The summed E-state index contributed by atoms with van der Waals surface area (Å²) in [5.41, 5.74) is 2.62. The molecule has 3 nitrogen and oxygen atoms in total. The highest BCUT2D eigenvalue weighted by Crippen LogP contribution is 2.63. The molecule has 8 aliphatic rings. The number of nitrogens with zero attached hydrogens (tertiary/aromatic N) is 2. The lowest BCUT2D eigenvalue weighted by Crippen LogP contribution is -2.47. The van der Waals surface area contributed by atoms with Crippen molar-refractivity contribution in [2.45, 2.75) is 76.3 Å². The third kappa shape index (κ3) is 2.91. The Kier molecular flexibility index (Phi) is 4.53. The summed E-state index contributed by atoms with van der Waals surface area (Å²) in [6, 6.07) is 19.2. The molecule has 8 bridgehead atoms. The molecule has 36 heavy (non-hydrogen) atoms. The number of rotatable bonds is 2. The van der Waals surface area contributed by atoms with E-state index in [1.54, 1.807) is 0 Å². The first-order chi connectivity index (χ1) is 17.7. The number of hydrogen-bond acceptors (Lipinski definition) is 1. The van der Waals surface area contributed by atoms with E-state index in [0.717, 1.165) is 47.3 Å². The van der Waals surface area contributed by atoms with Crippen LogP contribution in [0.5, 0.6) is 0 Å². The van der Waals surface area contributed by atoms with Crippen LogP contribution in [0.3, 0.4) is 0 Å². The van der Waals surface area contributed by atoms with Crippen molar-refractivity contribution in [3.8, 4) is 0 Å². The van der Waals surface area contributed by atoms with Crippen molar-refractivity contribution in [3.05, 3.63) is 48.5 Å². The fourth-order valence-corrected chi connectivity index (χ4v) is 13.4. The maximum absolute atomic E-state index is 12.8. The predicted molar refractivity (Wildman–Crippen MR) is 148 cm³/mol. The molecule has 0 amide bonds. The Labute approximate surface area is 215 Å². The molecule has 0 radical (unpaired) electrons. The smallest absolute Gasteiger partial charge is 0.173 e. The molecule has 8 saturated carbocycles. The lowest BCUT2D eigenvalue weighted by molar-refractivity contribution is -0.0283. The van der Waals surface area contributed by atoms with E-state index in [9.17, 15) is 4.89 Å². The molecule has 188 valence electrons. The van der Waals surface area contributed by atoms with Gasteiger partial charge in [-0.1, -0.05) is 36.4 Å². The molecule has 1 aromatic heterocycles. The van der Waals surface area contributed by atoms with Gasteiger partial charge in [-0.05, 0) is 124 Å². The molecule has 0 atom stereocenters. The molecule has 11 rings (SSSR count). The van der Waals surface area contributed by atoms with E-state index in [1.165, 1.54) is 86.0 Å². The van der Waals surface area contributed by atoms with Gasteiger partial charge in [0, 0.05) is 22.9 Å². The van der Waals surface area contributed by atoms with Crippen molar-refractivity contribution in [2.75, 3.05) is 0 Å². The lowest BCUT2D eigenvalue weighted by atomic mass is 9.54. The highest BCUT2D eigenvalue weighted by Gasteiger charge is 2.52. The first-order valence-corrected chi connectivity index (χ1v) is 16.2. The Morgan fingerprint density at radius 1 is 0.500 bits per heavy atom. The molecule has 0 spiro atoms. The molecule has 3 aromatic rings. The molecule has 8 fully saturated rings. The van der Waals surface area contributed by atoms with Crippen LogP contribution in [0.2, 0.25) is 0 Å². The molecule has 0 unspecified atom stereocenters. The maximum atomic E-state index is 12.8. The minimum atomic E-state index is -1.45. The van der Waals surface area contributed by atoms with E-state index in [4.69, 9.17) is 0 Å². The number of aromatic nitrogens is 2. The molecule has 2 aromatic carbocycles. The van der Waals surface area contributed by atoms with E-state index in [2.05, 4.69) is 57.2 Å². The van der Waals surface area contributed by atoms with Gasteiger partial charge in [0.15, 0.2) is 8.08 Å². The second-order valence-electron chi connectivity index (χ2n) is 13.8. The number of fused-ring (bicyclic) bond motifs is 3. The number of hydrogen-bond donors (Lipinski definition) is 1. The van der Waals surface area contributed by atoms with Crippen LogP contribution in [0.4, 0.5) is 0 Å². The predicted octanol–water partition coefficient (Wildman–Crippen LogP) is 8.46. The quantitative estimate of drug-likeness (QED) is 0.377. The zero-order valence-electron chi connectivity index (χ0n) is 21.3. The van der Waals surface area contributed by atoms with Crippen molar-refractivity contribution >= 4 is 29.9 Å². The fraction of sp³-hybridized carbons (Fsp3) is 0.625. The molecular formula is C32H39N2OP. The molecule has 0 saturated heterocycles. The highest BCUT2D eigenvalue weighted by atomic mass is 31.1. The van der Waals surface area contributed by atoms with Crippen LogP contribution in [0, 0.1) is 47.3 Å². The van der Waals surface area contributed by atoms with E-state index >= 15 is 0 Å². The Morgan fingerprint density at radius 3 is 1.19 bits per heavy atom. The summed E-state index contributed by atoms with van der Waals surface area (Å²) >= 11 is 0. The average Bonchev–Trinajstić information content (AvgIpc) is 2.97. The summed E-state index contributed by atoms with van der Waals surface area (Å²) in [4.78, 5) is 12.8. The van der Waals surface area contributed by atoms with Crippen LogP contribution < -0.4 is 0 Å². The van der Waals surface area contributed by atoms with Gasteiger partial charge in [0.05, 0.1) is 11.0 Å². The number of para-hydroxylation sites is 2. The summed E-state index contributed by atoms with van der Waals surface area (Å²) in [5.74, 6) is 6.84. The van der Waals surface area contributed by atoms with Crippen molar-refractivity contribution in [1.29, 1.82) is 0 Å². The van der Waals surface area contributed by atoms with E-state index < -0.39 is 8.08 Å². The van der Waals surface area contributed by atoms with Crippen LogP contribution in [-0.2, 0) is 0 Å². The monoisotopic (exact) mass is 498 g/mol. The van der Waals surface area contributed by atoms with E-state index in [-0.39, 0.29) is 0 Å². The third-order valence-corrected chi connectivity index (χ3v) is 13.6. The van der Waals surface area contributed by atoms with Gasteiger partial charge < -0.3 is 4.89 Å². The van der Waals surface area contributed by atoms with Gasteiger partial charge in [-0.25, -0.2) is 0 Å². The lowest BCUT2D eigenvalue weighted by Gasteiger charge is -2.56. The first kappa shape index (κ1) is 21.3. The van der Waals surface area contributed by atoms with Gasteiger partial charge in [-0.2, -0.15) is 0 Å². The average molecular weight is 499 g/mol. The Hall–Kier alpha value is -1.70. The Morgan fingerprint density at radius 2 is 0.833 bits per heavy atom. The van der Waals surface area contributed by atoms with Crippen LogP contribution in [0.15, 0.2) is 48.5 Å². The summed E-state index contributed by atoms with van der Waals surface area (Å²) in [6.45, 7) is 0. The summed E-state index contributed by atoms with van der Waals surface area (Å²) in [6.07, 6.45) is 14.1.